The van der Waals surface area contributed by atoms with Gasteiger partial charge in [-0.05, 0) is 108 Å². The van der Waals surface area contributed by atoms with Crippen LogP contribution in [0.1, 0.15) is 91.0 Å². The van der Waals surface area contributed by atoms with Gasteiger partial charge in [-0.1, -0.05) is 50.3 Å². The van der Waals surface area contributed by atoms with Crippen LogP contribution in [0.4, 0.5) is 0 Å². The number of aliphatic hydroxyl groups excluding tert-OH is 1. The molecule has 0 radical (unpaired) electrons. The second-order valence-electron chi connectivity index (χ2n) is 19.3. The van der Waals surface area contributed by atoms with Gasteiger partial charge in [0.25, 0.3) is 0 Å². The van der Waals surface area contributed by atoms with Crippen molar-refractivity contribution in [3.63, 3.8) is 0 Å². The minimum absolute atomic E-state index is 0.00581. The number of allylic oxidation sites excluding steroid dienone is 2. The Labute approximate surface area is 374 Å². The first-order chi connectivity index (χ1) is 30.3. The van der Waals surface area contributed by atoms with Crippen molar-refractivity contribution in [3.05, 3.63) is 53.7 Å². The highest BCUT2D eigenvalue weighted by molar-refractivity contribution is 5.99. The number of carbonyl (C=O) groups is 2. The SMILES string of the molecule is CC[C@H]1CCC[C@H](O[C@H]2CC[C@H](N(C)C)C(C)O2)[C@@H](C)C(=O)C2=C[C@H]3[C@@H]4C[C@H](O[C@@H]5OC(C)[C@H](OC)C(OC)C5OC)C[C@H]4C(N/C=C(\N)c4ccccc4)C(O)[C@H]3[C@@H]2CC(=O)O1. The number of fused-ring (bicyclic) bond motifs is 5. The van der Waals surface area contributed by atoms with E-state index >= 15 is 4.79 Å². The predicted molar refractivity (Wildman–Crippen MR) is 237 cm³/mol. The molecule has 19 atom stereocenters. The summed E-state index contributed by atoms with van der Waals surface area (Å²) in [4.78, 5) is 31.3. The monoisotopic (exact) mass is 882 g/mol. The second kappa shape index (κ2) is 21.1. The third-order valence-corrected chi connectivity index (χ3v) is 15.4. The van der Waals surface area contributed by atoms with Gasteiger partial charge in [0.15, 0.2) is 18.4 Å². The molecular formula is C49H75N3O11. The highest BCUT2D eigenvalue weighted by Crippen LogP contribution is 2.57. The summed E-state index contributed by atoms with van der Waals surface area (Å²) in [5.74, 6) is -2.20. The molecule has 0 bridgehead atoms. The smallest absolute Gasteiger partial charge is 0.306 e. The number of hydrogen-bond donors (Lipinski definition) is 3. The lowest BCUT2D eigenvalue weighted by Gasteiger charge is -2.47. The molecule has 3 aliphatic carbocycles. The molecule has 3 heterocycles. The first-order valence-electron chi connectivity index (χ1n) is 23.5. The average Bonchev–Trinajstić information content (AvgIpc) is 3.86. The Morgan fingerprint density at radius 2 is 1.62 bits per heavy atom. The van der Waals surface area contributed by atoms with Gasteiger partial charge in [-0.2, -0.15) is 0 Å². The van der Waals surface area contributed by atoms with Gasteiger partial charge in [-0.25, -0.2) is 0 Å². The Hall–Kier alpha value is -2.92. The lowest BCUT2D eigenvalue weighted by atomic mass is 9.62. The predicted octanol–water partition coefficient (Wildman–Crippen LogP) is 5.21. The van der Waals surface area contributed by atoms with Crippen molar-refractivity contribution >= 4 is 17.4 Å². The van der Waals surface area contributed by atoms with Crippen molar-refractivity contribution in [2.75, 3.05) is 35.4 Å². The maximum atomic E-state index is 15.1. The number of ketones is 1. The Morgan fingerprint density at radius 1 is 0.905 bits per heavy atom. The van der Waals surface area contributed by atoms with E-state index in [-0.39, 0.29) is 72.5 Å². The number of benzene rings is 1. The molecule has 0 aromatic heterocycles. The van der Waals surface area contributed by atoms with Crippen LogP contribution in [-0.2, 0) is 47.5 Å². The van der Waals surface area contributed by atoms with Crippen LogP contribution in [0.25, 0.3) is 5.70 Å². The largest absolute Gasteiger partial charge is 0.462 e. The van der Waals surface area contributed by atoms with Crippen LogP contribution in [0, 0.1) is 35.5 Å². The van der Waals surface area contributed by atoms with E-state index in [0.717, 1.165) is 24.8 Å². The molecule has 7 rings (SSSR count). The number of nitrogens with two attached hydrogens (primary N) is 1. The first-order valence-corrected chi connectivity index (χ1v) is 23.5. The highest BCUT2D eigenvalue weighted by Gasteiger charge is 2.60. The number of esters is 1. The van der Waals surface area contributed by atoms with Crippen LogP contribution in [0.5, 0.6) is 0 Å². The number of rotatable bonds is 12. The average molecular weight is 882 g/mol. The van der Waals surface area contributed by atoms with E-state index < -0.39 is 60.8 Å². The summed E-state index contributed by atoms with van der Waals surface area (Å²) in [6.07, 6.45) is 4.86. The molecule has 14 heteroatoms. The van der Waals surface area contributed by atoms with Gasteiger partial charge >= 0.3 is 5.97 Å². The van der Waals surface area contributed by atoms with E-state index in [1.807, 2.05) is 51.1 Å². The molecule has 14 nitrogen and oxygen atoms in total. The van der Waals surface area contributed by atoms with Crippen LogP contribution in [-0.4, -0.2) is 137 Å². The van der Waals surface area contributed by atoms with Gasteiger partial charge in [-0.15, -0.1) is 0 Å². The number of ether oxygens (including phenoxy) is 8. The lowest BCUT2D eigenvalue weighted by molar-refractivity contribution is -0.314. The van der Waals surface area contributed by atoms with Crippen LogP contribution >= 0.6 is 0 Å². The maximum Gasteiger partial charge on any atom is 0.306 e. The second-order valence-corrected chi connectivity index (χ2v) is 19.3. The van der Waals surface area contributed by atoms with Crippen molar-refractivity contribution in [3.8, 4) is 0 Å². The topological polar surface area (TPSA) is 170 Å². The van der Waals surface area contributed by atoms with E-state index in [2.05, 4.69) is 37.3 Å². The summed E-state index contributed by atoms with van der Waals surface area (Å²) < 4.78 is 50.2. The standard InChI is InChI=1S/C49H75N3O11/c1-10-30-17-14-18-39(63-41-20-19-38(52(5)6)27(3)59-41)26(2)44(54)36-23-33-32-21-31(62-49-48(58-9)47(57-8)46(56-7)28(4)60-49)22-35(32)43(45(55)42(33)34(36)24-40(53)61-30)51-25-37(50)29-15-12-11-13-16-29/h11-13,15-16,23,25-28,30-35,38-39,41-43,45-49,51,55H,10,14,17-22,24,50H2,1-9H3/b37-25-/t26-,27?,28?,30+,31+,32+,33+,34-,35-,38+,39+,41+,42-,43?,45?,46+,47?,48?,49+/m1/s1. The molecule has 0 spiro atoms. The van der Waals surface area contributed by atoms with Crippen LogP contribution in [0.3, 0.4) is 0 Å². The van der Waals surface area contributed by atoms with Crippen LogP contribution < -0.4 is 11.1 Å². The molecule has 352 valence electrons. The minimum Gasteiger partial charge on any atom is -0.462 e. The number of aliphatic hydroxyl groups is 1. The van der Waals surface area contributed by atoms with Gasteiger partial charge in [0.05, 0.1) is 48.7 Å². The van der Waals surface area contributed by atoms with Gasteiger partial charge in [-0.3, -0.25) is 9.59 Å². The molecule has 3 saturated heterocycles. The summed E-state index contributed by atoms with van der Waals surface area (Å²) in [5, 5.41) is 16.3. The molecule has 4 N–H and O–H groups in total. The summed E-state index contributed by atoms with van der Waals surface area (Å²) in [7, 11) is 9.04. The zero-order valence-electron chi connectivity index (χ0n) is 38.9. The maximum absolute atomic E-state index is 15.1. The fourth-order valence-electron chi connectivity index (χ4n) is 12.1. The Kier molecular flexibility index (Phi) is 16.1. The molecule has 63 heavy (non-hydrogen) atoms. The van der Waals surface area contributed by atoms with Crippen molar-refractivity contribution in [2.24, 2.45) is 41.2 Å². The van der Waals surface area contributed by atoms with Crippen molar-refractivity contribution < 1.29 is 52.6 Å². The van der Waals surface area contributed by atoms with Crippen LogP contribution in [0.15, 0.2) is 48.2 Å². The van der Waals surface area contributed by atoms with Crippen molar-refractivity contribution in [2.45, 2.75) is 165 Å². The molecule has 2 saturated carbocycles. The normalized spacial score (nSPS) is 42.6. The minimum atomic E-state index is -0.939. The third-order valence-electron chi connectivity index (χ3n) is 15.4. The molecule has 6 unspecified atom stereocenters. The van der Waals surface area contributed by atoms with E-state index in [9.17, 15) is 9.90 Å². The fraction of sp³-hybridized carbons (Fsp3) is 0.755. The summed E-state index contributed by atoms with van der Waals surface area (Å²) >= 11 is 0. The zero-order chi connectivity index (χ0) is 45.1. The molecule has 1 aromatic rings. The van der Waals surface area contributed by atoms with Gasteiger partial charge in [0, 0.05) is 51.3 Å². The molecule has 5 fully saturated rings. The summed E-state index contributed by atoms with van der Waals surface area (Å²) in [6.45, 7) is 8.02. The molecule has 3 aliphatic heterocycles. The number of carbonyl (C=O) groups excluding carboxylic acids is 2. The lowest BCUT2D eigenvalue weighted by Crippen LogP contribution is -2.59. The van der Waals surface area contributed by atoms with Gasteiger partial charge < -0.3 is 59.0 Å². The molecule has 1 aromatic carbocycles. The third kappa shape index (κ3) is 10.2. The molecular weight excluding hydrogens is 807 g/mol. The van der Waals surface area contributed by atoms with E-state index in [1.54, 1.807) is 27.5 Å². The number of nitrogens with one attached hydrogen (secondary N) is 1. The van der Waals surface area contributed by atoms with Gasteiger partial charge in [0.2, 0.25) is 0 Å². The van der Waals surface area contributed by atoms with Gasteiger partial charge in [0.1, 0.15) is 24.4 Å². The zero-order valence-corrected chi connectivity index (χ0v) is 38.9. The molecule has 0 amide bonds. The van der Waals surface area contributed by atoms with Crippen LogP contribution in [0.2, 0.25) is 0 Å². The highest BCUT2D eigenvalue weighted by atomic mass is 16.7. The Balaban J connectivity index is 1.21. The van der Waals surface area contributed by atoms with Crippen molar-refractivity contribution in [1.29, 1.82) is 0 Å². The summed E-state index contributed by atoms with van der Waals surface area (Å²) in [6, 6.07) is 9.53. The van der Waals surface area contributed by atoms with E-state index in [0.29, 0.717) is 43.4 Å². The van der Waals surface area contributed by atoms with Crippen molar-refractivity contribution in [1.82, 2.24) is 10.2 Å². The number of likely N-dealkylation sites (N-methyl/N-ethyl adjacent to an activating group) is 1. The van der Waals surface area contributed by atoms with E-state index in [1.165, 1.54) is 0 Å². The van der Waals surface area contributed by atoms with E-state index in [4.69, 9.17) is 43.6 Å². The number of cyclic esters (lactones) is 1. The number of Topliss-reactive ketones (excluding diaryl/α,β-unsaturated/α-hetero) is 1. The first kappa shape index (κ1) is 48.0. The number of hydrogen-bond acceptors (Lipinski definition) is 14. The Bertz CT molecular complexity index is 1750. The quantitative estimate of drug-likeness (QED) is 0.234. The fourth-order valence-corrected chi connectivity index (χ4v) is 12.1. The molecule has 6 aliphatic rings. The Morgan fingerprint density at radius 3 is 2.29 bits per heavy atom. The number of methoxy groups -OCH3 is 3. The summed E-state index contributed by atoms with van der Waals surface area (Å²) in [5.41, 5.74) is 8.61. The number of nitrogens with zero attached hydrogens (tertiary/aromatic N) is 1.